The molecule has 0 spiro atoms. The molecule has 1 aliphatic rings. The van der Waals surface area contributed by atoms with E-state index in [9.17, 15) is 15.0 Å². The summed E-state index contributed by atoms with van der Waals surface area (Å²) in [6, 6.07) is 12.0. The third-order valence-corrected chi connectivity index (χ3v) is 3.79. The van der Waals surface area contributed by atoms with Gasteiger partial charge in [-0.3, -0.25) is 4.79 Å². The van der Waals surface area contributed by atoms with Crippen molar-refractivity contribution < 1.29 is 15.0 Å². The molecule has 4 nitrogen and oxygen atoms in total. The number of fused-ring (bicyclic) bond motifs is 1. The summed E-state index contributed by atoms with van der Waals surface area (Å²) < 4.78 is 0. The van der Waals surface area contributed by atoms with Crippen LogP contribution in [0.2, 0.25) is 0 Å². The highest BCUT2D eigenvalue weighted by Gasteiger charge is 2.25. The van der Waals surface area contributed by atoms with E-state index < -0.39 is 0 Å². The lowest BCUT2D eigenvalue weighted by molar-refractivity contribution is -0.118. The SMILES string of the molecule is O=C(Cc1ccc(O)cc1)N1CCCc2cccc(O)c21. The Balaban J connectivity index is 1.85. The molecule has 0 atom stereocenters. The van der Waals surface area contributed by atoms with Crippen molar-refractivity contribution in [3.05, 3.63) is 53.6 Å². The third-order valence-electron chi connectivity index (χ3n) is 3.79. The smallest absolute Gasteiger partial charge is 0.231 e. The van der Waals surface area contributed by atoms with Crippen LogP contribution in [0, 0.1) is 0 Å². The number of phenols is 2. The number of anilines is 1. The van der Waals surface area contributed by atoms with Crippen LogP contribution in [0.5, 0.6) is 11.5 Å². The summed E-state index contributed by atoms with van der Waals surface area (Å²) in [6.45, 7) is 0.626. The first-order valence-electron chi connectivity index (χ1n) is 7.04. The number of hydrogen-bond donors (Lipinski definition) is 2. The van der Waals surface area contributed by atoms with E-state index in [1.807, 2.05) is 12.1 Å². The van der Waals surface area contributed by atoms with Crippen LogP contribution in [0.1, 0.15) is 17.5 Å². The minimum Gasteiger partial charge on any atom is -0.508 e. The van der Waals surface area contributed by atoms with Gasteiger partial charge in [-0.15, -0.1) is 0 Å². The molecule has 2 N–H and O–H groups in total. The van der Waals surface area contributed by atoms with Crippen molar-refractivity contribution in [2.75, 3.05) is 11.4 Å². The van der Waals surface area contributed by atoms with Crippen molar-refractivity contribution >= 4 is 11.6 Å². The minimum atomic E-state index is -0.0388. The first kappa shape index (κ1) is 13.5. The van der Waals surface area contributed by atoms with Gasteiger partial charge in [0.15, 0.2) is 0 Å². The first-order valence-corrected chi connectivity index (χ1v) is 7.04. The molecular weight excluding hydrogens is 266 g/mol. The molecule has 2 aromatic rings. The van der Waals surface area contributed by atoms with Gasteiger partial charge in [-0.1, -0.05) is 24.3 Å². The van der Waals surface area contributed by atoms with E-state index in [4.69, 9.17) is 0 Å². The molecule has 0 aliphatic carbocycles. The number of phenolic OH excluding ortho intramolecular Hbond substituents is 2. The van der Waals surface area contributed by atoms with Crippen LogP contribution in [-0.2, 0) is 17.6 Å². The summed E-state index contributed by atoms with van der Waals surface area (Å²) in [4.78, 5) is 14.2. The second-order valence-corrected chi connectivity index (χ2v) is 5.28. The zero-order valence-corrected chi connectivity index (χ0v) is 11.6. The van der Waals surface area contributed by atoms with Crippen molar-refractivity contribution in [1.29, 1.82) is 0 Å². The Morgan fingerprint density at radius 1 is 1.10 bits per heavy atom. The number of nitrogens with zero attached hydrogens (tertiary/aromatic N) is 1. The Kier molecular flexibility index (Phi) is 3.52. The number of amides is 1. The summed E-state index contributed by atoms with van der Waals surface area (Å²) in [6.07, 6.45) is 2.04. The normalized spacial score (nSPS) is 13.8. The molecule has 2 aromatic carbocycles. The van der Waals surface area contributed by atoms with Gasteiger partial charge < -0.3 is 15.1 Å². The first-order chi connectivity index (χ1) is 10.1. The topological polar surface area (TPSA) is 60.8 Å². The molecule has 1 amide bonds. The average Bonchev–Trinajstić information content (AvgIpc) is 2.49. The van der Waals surface area contributed by atoms with Crippen molar-refractivity contribution in [3.63, 3.8) is 0 Å². The second kappa shape index (κ2) is 5.48. The minimum absolute atomic E-state index is 0.0388. The summed E-state index contributed by atoms with van der Waals surface area (Å²) in [7, 11) is 0. The Bertz CT molecular complexity index is 664. The maximum atomic E-state index is 12.5. The van der Waals surface area contributed by atoms with Crippen LogP contribution in [0.25, 0.3) is 0 Å². The summed E-state index contributed by atoms with van der Waals surface area (Å²) in [5, 5.41) is 19.3. The zero-order valence-electron chi connectivity index (χ0n) is 11.6. The van der Waals surface area contributed by atoms with Crippen LogP contribution >= 0.6 is 0 Å². The molecule has 21 heavy (non-hydrogen) atoms. The maximum Gasteiger partial charge on any atom is 0.231 e. The molecule has 108 valence electrons. The number of benzene rings is 2. The van der Waals surface area contributed by atoms with Gasteiger partial charge >= 0.3 is 0 Å². The second-order valence-electron chi connectivity index (χ2n) is 5.28. The molecule has 0 fully saturated rings. The maximum absolute atomic E-state index is 12.5. The van der Waals surface area contributed by atoms with Gasteiger partial charge in [-0.2, -0.15) is 0 Å². The summed E-state index contributed by atoms with van der Waals surface area (Å²) in [5.74, 6) is 0.307. The third kappa shape index (κ3) is 2.70. The monoisotopic (exact) mass is 283 g/mol. The lowest BCUT2D eigenvalue weighted by Crippen LogP contribution is -2.36. The van der Waals surface area contributed by atoms with E-state index in [2.05, 4.69) is 0 Å². The molecule has 4 heteroatoms. The molecule has 0 saturated heterocycles. The van der Waals surface area contributed by atoms with E-state index in [1.54, 1.807) is 35.2 Å². The summed E-state index contributed by atoms with van der Waals surface area (Å²) >= 11 is 0. The molecule has 3 rings (SSSR count). The van der Waals surface area contributed by atoms with E-state index in [1.165, 1.54) is 0 Å². The van der Waals surface area contributed by atoms with Crippen LogP contribution < -0.4 is 4.90 Å². The van der Waals surface area contributed by atoms with E-state index in [-0.39, 0.29) is 23.8 Å². The Morgan fingerprint density at radius 3 is 2.62 bits per heavy atom. The lowest BCUT2D eigenvalue weighted by Gasteiger charge is -2.30. The Labute approximate surface area is 123 Å². The van der Waals surface area contributed by atoms with Crippen molar-refractivity contribution in [2.24, 2.45) is 0 Å². The highest BCUT2D eigenvalue weighted by molar-refractivity contribution is 5.97. The fraction of sp³-hybridized carbons (Fsp3) is 0.235. The van der Waals surface area contributed by atoms with Crippen molar-refractivity contribution in [3.8, 4) is 11.5 Å². The fourth-order valence-electron chi connectivity index (χ4n) is 2.76. The van der Waals surface area contributed by atoms with Crippen molar-refractivity contribution in [2.45, 2.75) is 19.3 Å². The predicted octanol–water partition coefficient (Wildman–Crippen LogP) is 2.62. The number of carbonyl (C=O) groups excluding carboxylic acids is 1. The zero-order chi connectivity index (χ0) is 14.8. The standard InChI is InChI=1S/C17H17NO3/c19-14-8-6-12(7-9-14)11-16(21)18-10-2-4-13-3-1-5-15(20)17(13)18/h1,3,5-9,19-20H,2,4,10-11H2. The lowest BCUT2D eigenvalue weighted by atomic mass is 10.00. The fourth-order valence-corrected chi connectivity index (χ4v) is 2.76. The number of aryl methyl sites for hydroxylation is 1. The Morgan fingerprint density at radius 2 is 1.86 bits per heavy atom. The van der Waals surface area contributed by atoms with Gasteiger partial charge in [0.1, 0.15) is 11.5 Å². The highest BCUT2D eigenvalue weighted by Crippen LogP contribution is 2.35. The van der Waals surface area contributed by atoms with E-state index in [0.717, 1.165) is 24.0 Å². The van der Waals surface area contributed by atoms with E-state index in [0.29, 0.717) is 12.2 Å². The number of para-hydroxylation sites is 1. The van der Waals surface area contributed by atoms with Crippen LogP contribution in [-0.4, -0.2) is 22.7 Å². The molecule has 0 unspecified atom stereocenters. The quantitative estimate of drug-likeness (QED) is 0.890. The number of carbonyl (C=O) groups is 1. The number of rotatable bonds is 2. The summed E-state index contributed by atoms with van der Waals surface area (Å²) in [5.41, 5.74) is 2.51. The van der Waals surface area contributed by atoms with Crippen LogP contribution in [0.15, 0.2) is 42.5 Å². The van der Waals surface area contributed by atoms with E-state index >= 15 is 0 Å². The van der Waals surface area contributed by atoms with Gasteiger partial charge in [0, 0.05) is 6.54 Å². The molecule has 0 saturated carbocycles. The Hall–Kier alpha value is -2.49. The van der Waals surface area contributed by atoms with Gasteiger partial charge in [-0.25, -0.2) is 0 Å². The molecular formula is C17H17NO3. The molecule has 0 radical (unpaired) electrons. The van der Waals surface area contributed by atoms with Crippen LogP contribution in [0.4, 0.5) is 5.69 Å². The van der Waals surface area contributed by atoms with Crippen LogP contribution in [0.3, 0.4) is 0 Å². The van der Waals surface area contributed by atoms with Gasteiger partial charge in [0.25, 0.3) is 0 Å². The van der Waals surface area contributed by atoms with Gasteiger partial charge in [0.2, 0.25) is 5.91 Å². The number of aromatic hydroxyl groups is 2. The molecule has 1 aliphatic heterocycles. The molecule has 0 bridgehead atoms. The van der Waals surface area contributed by atoms with Crippen molar-refractivity contribution in [1.82, 2.24) is 0 Å². The van der Waals surface area contributed by atoms with Gasteiger partial charge in [-0.05, 0) is 42.2 Å². The van der Waals surface area contributed by atoms with Gasteiger partial charge in [0.05, 0.1) is 12.1 Å². The average molecular weight is 283 g/mol. The molecule has 0 aromatic heterocycles. The predicted molar refractivity (Wildman–Crippen MR) is 80.6 cm³/mol. The molecule has 1 heterocycles. The number of hydrogen-bond acceptors (Lipinski definition) is 3. The highest BCUT2D eigenvalue weighted by atomic mass is 16.3. The largest absolute Gasteiger partial charge is 0.508 e.